The summed E-state index contributed by atoms with van der Waals surface area (Å²) < 4.78 is 54.2. The summed E-state index contributed by atoms with van der Waals surface area (Å²) in [6.07, 6.45) is -6.30. The lowest BCUT2D eigenvalue weighted by atomic mass is 10.0. The highest BCUT2D eigenvalue weighted by molar-refractivity contribution is 9.10. The van der Waals surface area contributed by atoms with E-state index in [2.05, 4.69) is 15.9 Å². The van der Waals surface area contributed by atoms with E-state index in [1.807, 2.05) is 0 Å². The van der Waals surface area contributed by atoms with Crippen molar-refractivity contribution in [2.24, 2.45) is 0 Å². The minimum absolute atomic E-state index is 0.254. The molecule has 2 heterocycles. The van der Waals surface area contributed by atoms with Crippen LogP contribution in [0.4, 0.5) is 17.6 Å². The van der Waals surface area contributed by atoms with Gasteiger partial charge in [0.2, 0.25) is 0 Å². The molecule has 1 N–H and O–H groups in total. The monoisotopic (exact) mass is 452 g/mol. The van der Waals surface area contributed by atoms with Gasteiger partial charge in [0.15, 0.2) is 6.17 Å². The third-order valence-corrected chi connectivity index (χ3v) is 5.46. The first-order valence-corrected chi connectivity index (χ1v) is 8.70. The Hall–Kier alpha value is -1.98. The van der Waals surface area contributed by atoms with Gasteiger partial charge in [-0.15, -0.1) is 11.3 Å². The minimum atomic E-state index is -4.96. The highest BCUT2D eigenvalue weighted by Gasteiger charge is 2.45. The first kappa shape index (κ1) is 18.8. The molecule has 3 rings (SSSR count). The van der Waals surface area contributed by atoms with E-state index < -0.39 is 47.6 Å². The Morgan fingerprint density at radius 2 is 2.04 bits per heavy atom. The maximum Gasteiger partial charge on any atom is 0.417 e. The van der Waals surface area contributed by atoms with E-state index in [0.29, 0.717) is 20.3 Å². The molecule has 26 heavy (non-hydrogen) atoms. The molecule has 1 aromatic carbocycles. The quantitative estimate of drug-likeness (QED) is 0.552. The van der Waals surface area contributed by atoms with Gasteiger partial charge in [0, 0.05) is 9.85 Å². The number of carbonyl (C=O) groups is 2. The summed E-state index contributed by atoms with van der Waals surface area (Å²) in [4.78, 5) is 25.6. The van der Waals surface area contributed by atoms with Crippen molar-refractivity contribution in [2.45, 2.75) is 12.3 Å². The van der Waals surface area contributed by atoms with Crippen molar-refractivity contribution in [3.05, 3.63) is 55.9 Å². The van der Waals surface area contributed by atoms with Crippen molar-refractivity contribution < 1.29 is 32.4 Å². The van der Waals surface area contributed by atoms with Crippen LogP contribution in [0.1, 0.15) is 27.0 Å². The van der Waals surface area contributed by atoms with Crippen molar-refractivity contribution >= 4 is 39.1 Å². The van der Waals surface area contributed by atoms with E-state index in [9.17, 15) is 32.4 Å². The molecule has 0 saturated carbocycles. The largest absolute Gasteiger partial charge is 0.417 e. The molecule has 1 fully saturated rings. The Balaban J connectivity index is 2.08. The summed E-state index contributed by atoms with van der Waals surface area (Å²) in [5.41, 5.74) is -2.64. The maximum atomic E-state index is 14.1. The maximum absolute atomic E-state index is 14.1. The SMILES string of the molecule is O=C1CN(C(=O)c2c(F)cccc2C(F)(F)F)C(c2cc(Br)cs2)N1O. The summed E-state index contributed by atoms with van der Waals surface area (Å²) in [6, 6.07) is 3.66. The van der Waals surface area contributed by atoms with Gasteiger partial charge < -0.3 is 4.90 Å². The Labute approximate surface area is 156 Å². The van der Waals surface area contributed by atoms with Crippen LogP contribution in [0.5, 0.6) is 0 Å². The number of hydroxylamine groups is 2. The van der Waals surface area contributed by atoms with E-state index >= 15 is 0 Å². The van der Waals surface area contributed by atoms with Gasteiger partial charge in [-0.05, 0) is 34.1 Å². The number of benzene rings is 1. The fraction of sp³-hybridized carbons (Fsp3) is 0.200. The average Bonchev–Trinajstić information content (AvgIpc) is 3.09. The molecule has 138 valence electrons. The number of halogens is 5. The number of nitrogens with zero attached hydrogens (tertiary/aromatic N) is 2. The summed E-state index contributed by atoms with van der Waals surface area (Å²) in [6.45, 7) is -0.679. The van der Waals surface area contributed by atoms with Crippen LogP contribution in [-0.4, -0.2) is 33.5 Å². The topological polar surface area (TPSA) is 60.9 Å². The Bertz CT molecular complexity index is 886. The zero-order chi connectivity index (χ0) is 19.2. The Morgan fingerprint density at radius 1 is 1.35 bits per heavy atom. The zero-order valence-electron chi connectivity index (χ0n) is 12.6. The lowest BCUT2D eigenvalue weighted by Gasteiger charge is -2.26. The van der Waals surface area contributed by atoms with Gasteiger partial charge in [0.05, 0.1) is 16.0 Å². The van der Waals surface area contributed by atoms with Gasteiger partial charge in [-0.25, -0.2) is 4.39 Å². The van der Waals surface area contributed by atoms with Crippen LogP contribution in [0, 0.1) is 5.82 Å². The van der Waals surface area contributed by atoms with Crippen LogP contribution >= 0.6 is 27.3 Å². The molecule has 0 radical (unpaired) electrons. The highest BCUT2D eigenvalue weighted by Crippen LogP contribution is 2.38. The second-order valence-corrected chi connectivity index (χ2v) is 7.23. The van der Waals surface area contributed by atoms with E-state index in [-0.39, 0.29) is 5.06 Å². The first-order chi connectivity index (χ1) is 12.1. The third-order valence-electron chi connectivity index (χ3n) is 3.72. The van der Waals surface area contributed by atoms with Gasteiger partial charge in [0.25, 0.3) is 11.8 Å². The lowest BCUT2D eigenvalue weighted by molar-refractivity contribution is -0.168. The molecule has 5 nitrogen and oxygen atoms in total. The molecule has 2 aromatic rings. The first-order valence-electron chi connectivity index (χ1n) is 7.03. The molecule has 1 atom stereocenters. The number of thiophene rings is 1. The molecular formula is C15H9BrF4N2O3S. The predicted molar refractivity (Wildman–Crippen MR) is 85.8 cm³/mol. The number of amides is 2. The number of hydrogen-bond acceptors (Lipinski definition) is 4. The van der Waals surface area contributed by atoms with Gasteiger partial charge in [-0.1, -0.05) is 6.07 Å². The van der Waals surface area contributed by atoms with Crippen molar-refractivity contribution in [1.82, 2.24) is 9.96 Å². The molecule has 0 bridgehead atoms. The fourth-order valence-electron chi connectivity index (χ4n) is 2.62. The molecule has 2 amide bonds. The predicted octanol–water partition coefficient (Wildman–Crippen LogP) is 4.04. The number of carbonyl (C=O) groups excluding carboxylic acids is 2. The van der Waals surface area contributed by atoms with Crippen LogP contribution in [0.3, 0.4) is 0 Å². The third kappa shape index (κ3) is 3.21. The molecule has 11 heteroatoms. The normalized spacial score (nSPS) is 17.9. The molecule has 0 spiro atoms. The van der Waals surface area contributed by atoms with E-state index in [4.69, 9.17) is 0 Å². The molecule has 0 aliphatic carbocycles. The average molecular weight is 453 g/mol. The molecular weight excluding hydrogens is 444 g/mol. The van der Waals surface area contributed by atoms with Crippen LogP contribution in [-0.2, 0) is 11.0 Å². The van der Waals surface area contributed by atoms with Gasteiger partial charge >= 0.3 is 6.18 Å². The molecule has 1 aliphatic heterocycles. The van der Waals surface area contributed by atoms with Crippen LogP contribution < -0.4 is 0 Å². The number of rotatable bonds is 2. The fourth-order valence-corrected chi connectivity index (χ4v) is 4.15. The molecule has 1 aromatic heterocycles. The summed E-state index contributed by atoms with van der Waals surface area (Å²) in [5, 5.41) is 11.8. The number of hydrogen-bond donors (Lipinski definition) is 1. The van der Waals surface area contributed by atoms with Crippen molar-refractivity contribution in [3.8, 4) is 0 Å². The van der Waals surface area contributed by atoms with E-state index in [0.717, 1.165) is 23.5 Å². The van der Waals surface area contributed by atoms with Gasteiger partial charge in [-0.3, -0.25) is 14.8 Å². The van der Waals surface area contributed by atoms with E-state index in [1.165, 1.54) is 6.07 Å². The standard InChI is InChI=1S/C15H9BrF4N2O3S/c16-7-4-10(26-6-7)13-21(5-11(23)22(13)25)14(24)12-8(15(18,19)20)2-1-3-9(12)17/h1-4,6,13,25H,5H2. The smallest absolute Gasteiger partial charge is 0.302 e. The van der Waals surface area contributed by atoms with E-state index in [1.54, 1.807) is 5.38 Å². The lowest BCUT2D eigenvalue weighted by Crippen LogP contribution is -2.35. The highest BCUT2D eigenvalue weighted by atomic mass is 79.9. The Kier molecular flexibility index (Phi) is 4.80. The summed E-state index contributed by atoms with van der Waals surface area (Å²) in [5.74, 6) is -3.59. The van der Waals surface area contributed by atoms with Crippen molar-refractivity contribution in [3.63, 3.8) is 0 Å². The minimum Gasteiger partial charge on any atom is -0.302 e. The van der Waals surface area contributed by atoms with Crippen LogP contribution in [0.2, 0.25) is 0 Å². The molecule has 1 saturated heterocycles. The second kappa shape index (κ2) is 6.63. The molecule has 1 unspecified atom stereocenters. The van der Waals surface area contributed by atoms with Gasteiger partial charge in [0.1, 0.15) is 12.4 Å². The summed E-state index contributed by atoms with van der Waals surface area (Å²) >= 11 is 4.25. The van der Waals surface area contributed by atoms with Gasteiger partial charge in [-0.2, -0.15) is 18.2 Å². The number of alkyl halides is 3. The summed E-state index contributed by atoms with van der Waals surface area (Å²) in [7, 11) is 0. The van der Waals surface area contributed by atoms with Crippen molar-refractivity contribution in [1.29, 1.82) is 0 Å². The van der Waals surface area contributed by atoms with Crippen LogP contribution in [0.15, 0.2) is 34.1 Å². The Morgan fingerprint density at radius 3 is 2.62 bits per heavy atom. The second-order valence-electron chi connectivity index (χ2n) is 5.37. The van der Waals surface area contributed by atoms with Crippen molar-refractivity contribution in [2.75, 3.05) is 6.54 Å². The van der Waals surface area contributed by atoms with Crippen LogP contribution in [0.25, 0.3) is 0 Å². The molecule has 1 aliphatic rings. The zero-order valence-corrected chi connectivity index (χ0v) is 15.0.